The van der Waals surface area contributed by atoms with Gasteiger partial charge in [-0.3, -0.25) is 4.79 Å². The van der Waals surface area contributed by atoms with Crippen LogP contribution in [0.4, 0.5) is 8.78 Å². The van der Waals surface area contributed by atoms with Crippen LogP contribution >= 0.6 is 0 Å². The summed E-state index contributed by atoms with van der Waals surface area (Å²) in [7, 11) is 0. The lowest BCUT2D eigenvalue weighted by Gasteiger charge is -1.92. The van der Waals surface area contributed by atoms with E-state index in [-0.39, 0.29) is 5.56 Å². The second-order valence-corrected chi connectivity index (χ2v) is 2.04. The number of rotatable bonds is 2. The highest BCUT2D eigenvalue weighted by molar-refractivity contribution is 5.73. The molecule has 0 N–H and O–H groups in total. The zero-order chi connectivity index (χ0) is 8.97. The SMILES string of the molecule is O=CC=Cc1cc(F)nc(F)c1. The van der Waals surface area contributed by atoms with Crippen LogP contribution in [0.25, 0.3) is 6.08 Å². The Balaban J connectivity index is 3.00. The van der Waals surface area contributed by atoms with Crippen molar-refractivity contribution >= 4 is 12.4 Å². The second-order valence-electron chi connectivity index (χ2n) is 2.04. The first-order valence-electron chi connectivity index (χ1n) is 3.17. The molecule has 0 saturated heterocycles. The van der Waals surface area contributed by atoms with E-state index in [0.717, 1.165) is 18.2 Å². The minimum Gasteiger partial charge on any atom is -0.299 e. The summed E-state index contributed by atoms with van der Waals surface area (Å²) in [6.07, 6.45) is 2.96. The Labute approximate surface area is 67.5 Å². The smallest absolute Gasteiger partial charge is 0.216 e. The lowest BCUT2D eigenvalue weighted by molar-refractivity contribution is -0.104. The Morgan fingerprint density at radius 3 is 2.33 bits per heavy atom. The highest BCUT2D eigenvalue weighted by atomic mass is 19.1. The number of aromatic nitrogens is 1. The zero-order valence-electron chi connectivity index (χ0n) is 6.00. The van der Waals surface area contributed by atoms with Gasteiger partial charge in [0.1, 0.15) is 6.29 Å². The maximum atomic E-state index is 12.4. The summed E-state index contributed by atoms with van der Waals surface area (Å²) in [5.41, 5.74) is 0.270. The summed E-state index contributed by atoms with van der Waals surface area (Å²) in [6.45, 7) is 0. The van der Waals surface area contributed by atoms with Gasteiger partial charge in [0.15, 0.2) is 0 Å². The molecule has 0 aliphatic rings. The molecule has 4 heteroatoms. The van der Waals surface area contributed by atoms with Crippen molar-refractivity contribution in [2.45, 2.75) is 0 Å². The lowest BCUT2D eigenvalue weighted by Crippen LogP contribution is -1.88. The third-order valence-corrected chi connectivity index (χ3v) is 1.15. The highest BCUT2D eigenvalue weighted by Crippen LogP contribution is 2.05. The topological polar surface area (TPSA) is 30.0 Å². The Bertz CT molecular complexity index is 303. The predicted octanol–water partition coefficient (Wildman–Crippen LogP) is 1.57. The summed E-state index contributed by atoms with van der Waals surface area (Å²) in [4.78, 5) is 12.7. The fraction of sp³-hybridized carbons (Fsp3) is 0. The van der Waals surface area contributed by atoms with Crippen molar-refractivity contribution < 1.29 is 13.6 Å². The average Bonchev–Trinajstić information content (AvgIpc) is 1.99. The van der Waals surface area contributed by atoms with Gasteiger partial charge in [-0.05, 0) is 11.6 Å². The van der Waals surface area contributed by atoms with Crippen LogP contribution in [-0.2, 0) is 4.79 Å². The van der Waals surface area contributed by atoms with Crippen LogP contribution in [0, 0.1) is 11.9 Å². The van der Waals surface area contributed by atoms with Gasteiger partial charge in [0.25, 0.3) is 0 Å². The standard InChI is InChI=1S/C8H5F2NO/c9-7-4-6(2-1-3-12)5-8(10)11-7/h1-5H. The number of allylic oxidation sites excluding steroid dienone is 1. The molecular weight excluding hydrogens is 164 g/mol. The van der Waals surface area contributed by atoms with Crippen molar-refractivity contribution in [3.63, 3.8) is 0 Å². The number of carbonyl (C=O) groups excluding carboxylic acids is 1. The molecular formula is C8H5F2NO. The van der Waals surface area contributed by atoms with Crippen LogP contribution < -0.4 is 0 Å². The fourth-order valence-electron chi connectivity index (χ4n) is 0.730. The van der Waals surface area contributed by atoms with Gasteiger partial charge >= 0.3 is 0 Å². The van der Waals surface area contributed by atoms with E-state index in [1.165, 1.54) is 6.08 Å². The third kappa shape index (κ3) is 2.23. The number of hydrogen-bond donors (Lipinski definition) is 0. The Morgan fingerprint density at radius 2 is 1.83 bits per heavy atom. The molecule has 0 saturated carbocycles. The Kier molecular flexibility index (Phi) is 2.63. The molecule has 0 aliphatic heterocycles. The van der Waals surface area contributed by atoms with Crippen LogP contribution in [0.15, 0.2) is 18.2 Å². The third-order valence-electron chi connectivity index (χ3n) is 1.15. The van der Waals surface area contributed by atoms with Gasteiger partial charge in [0.05, 0.1) is 0 Å². The molecule has 12 heavy (non-hydrogen) atoms. The first-order valence-corrected chi connectivity index (χ1v) is 3.17. The van der Waals surface area contributed by atoms with E-state index in [4.69, 9.17) is 0 Å². The molecule has 1 rings (SSSR count). The summed E-state index contributed by atoms with van der Waals surface area (Å²) >= 11 is 0. The fourth-order valence-corrected chi connectivity index (χ4v) is 0.730. The minimum absolute atomic E-state index is 0.270. The predicted molar refractivity (Wildman–Crippen MR) is 39.3 cm³/mol. The molecule has 0 aromatic carbocycles. The molecule has 1 heterocycles. The summed E-state index contributed by atoms with van der Waals surface area (Å²) in [5.74, 6) is -1.80. The van der Waals surface area contributed by atoms with Gasteiger partial charge in [0, 0.05) is 12.1 Å². The van der Waals surface area contributed by atoms with Crippen LogP contribution in [0.2, 0.25) is 0 Å². The van der Waals surface area contributed by atoms with E-state index in [0.29, 0.717) is 6.29 Å². The number of carbonyl (C=O) groups is 1. The quantitative estimate of drug-likeness (QED) is 0.382. The van der Waals surface area contributed by atoms with Gasteiger partial charge in [-0.25, -0.2) is 0 Å². The van der Waals surface area contributed by atoms with E-state index >= 15 is 0 Å². The molecule has 0 atom stereocenters. The van der Waals surface area contributed by atoms with Gasteiger partial charge < -0.3 is 0 Å². The molecule has 0 spiro atoms. The minimum atomic E-state index is -0.902. The van der Waals surface area contributed by atoms with Crippen LogP contribution in [0.5, 0.6) is 0 Å². The van der Waals surface area contributed by atoms with Crippen molar-refractivity contribution in [2.24, 2.45) is 0 Å². The molecule has 0 aliphatic carbocycles. The maximum Gasteiger partial charge on any atom is 0.216 e. The van der Waals surface area contributed by atoms with Crippen LogP contribution in [0.1, 0.15) is 5.56 Å². The molecule has 0 fully saturated rings. The van der Waals surface area contributed by atoms with Crippen molar-refractivity contribution in [1.82, 2.24) is 4.98 Å². The van der Waals surface area contributed by atoms with Crippen LogP contribution in [0.3, 0.4) is 0 Å². The van der Waals surface area contributed by atoms with E-state index in [9.17, 15) is 13.6 Å². The van der Waals surface area contributed by atoms with E-state index in [1.807, 2.05) is 0 Å². The van der Waals surface area contributed by atoms with Gasteiger partial charge in [0.2, 0.25) is 11.9 Å². The molecule has 1 aromatic rings. The second kappa shape index (κ2) is 3.71. The number of hydrogen-bond acceptors (Lipinski definition) is 2. The van der Waals surface area contributed by atoms with E-state index < -0.39 is 11.9 Å². The van der Waals surface area contributed by atoms with Crippen molar-refractivity contribution in [2.75, 3.05) is 0 Å². The average molecular weight is 169 g/mol. The molecule has 0 bridgehead atoms. The van der Waals surface area contributed by atoms with Crippen molar-refractivity contribution in [3.8, 4) is 0 Å². The Morgan fingerprint density at radius 1 is 1.25 bits per heavy atom. The highest BCUT2D eigenvalue weighted by Gasteiger charge is 1.97. The molecule has 0 unspecified atom stereocenters. The number of nitrogens with zero attached hydrogens (tertiary/aromatic N) is 1. The van der Waals surface area contributed by atoms with Crippen LogP contribution in [-0.4, -0.2) is 11.3 Å². The largest absolute Gasteiger partial charge is 0.299 e. The monoisotopic (exact) mass is 169 g/mol. The number of halogens is 2. The first kappa shape index (κ1) is 8.52. The normalized spacial score (nSPS) is 10.5. The van der Waals surface area contributed by atoms with E-state index in [2.05, 4.69) is 4.98 Å². The molecule has 1 aromatic heterocycles. The van der Waals surface area contributed by atoms with Gasteiger partial charge in [-0.1, -0.05) is 6.08 Å². The van der Waals surface area contributed by atoms with Crippen molar-refractivity contribution in [3.05, 3.63) is 35.7 Å². The summed E-state index contributed by atoms with van der Waals surface area (Å²) in [5, 5.41) is 0. The first-order chi connectivity index (χ1) is 5.72. The zero-order valence-corrected chi connectivity index (χ0v) is 6.00. The summed E-state index contributed by atoms with van der Waals surface area (Å²) < 4.78 is 24.8. The summed E-state index contributed by atoms with van der Waals surface area (Å²) in [6, 6.07) is 2.06. The lowest BCUT2D eigenvalue weighted by atomic mass is 10.2. The number of pyridine rings is 1. The maximum absolute atomic E-state index is 12.4. The molecule has 62 valence electrons. The van der Waals surface area contributed by atoms with Gasteiger partial charge in [-0.15, -0.1) is 0 Å². The van der Waals surface area contributed by atoms with Gasteiger partial charge in [-0.2, -0.15) is 13.8 Å². The van der Waals surface area contributed by atoms with E-state index in [1.54, 1.807) is 0 Å². The molecule has 0 amide bonds. The Hall–Kier alpha value is -1.58. The number of aldehydes is 1. The molecule has 2 nitrogen and oxygen atoms in total. The molecule has 0 radical (unpaired) electrons. The van der Waals surface area contributed by atoms with Crippen molar-refractivity contribution in [1.29, 1.82) is 0 Å².